The summed E-state index contributed by atoms with van der Waals surface area (Å²) in [4.78, 5) is 10.7. The number of hydrogen-bond donors (Lipinski definition) is 1. The number of aliphatic hydroxyl groups excluding tert-OH is 1. The van der Waals surface area contributed by atoms with Gasteiger partial charge in [-0.3, -0.25) is 4.79 Å². The van der Waals surface area contributed by atoms with Crippen LogP contribution in [0.2, 0.25) is 5.02 Å². The Morgan fingerprint density at radius 2 is 2.00 bits per heavy atom. The molecular formula is C12H15ClO3. The van der Waals surface area contributed by atoms with Crippen LogP contribution in [0.1, 0.15) is 25.3 Å². The van der Waals surface area contributed by atoms with E-state index in [2.05, 4.69) is 0 Å². The van der Waals surface area contributed by atoms with Crippen molar-refractivity contribution in [1.82, 2.24) is 0 Å². The van der Waals surface area contributed by atoms with Crippen LogP contribution in [-0.4, -0.2) is 23.8 Å². The van der Waals surface area contributed by atoms with Gasteiger partial charge < -0.3 is 9.84 Å². The van der Waals surface area contributed by atoms with Gasteiger partial charge in [-0.2, -0.15) is 0 Å². The van der Waals surface area contributed by atoms with Crippen molar-refractivity contribution in [3.63, 3.8) is 0 Å². The summed E-state index contributed by atoms with van der Waals surface area (Å²) >= 11 is 5.78. The zero-order valence-electron chi connectivity index (χ0n) is 9.31. The van der Waals surface area contributed by atoms with Crippen LogP contribution in [0.5, 0.6) is 0 Å². The zero-order valence-corrected chi connectivity index (χ0v) is 10.1. The summed E-state index contributed by atoms with van der Waals surface area (Å²) in [5.74, 6) is -0.569. The maximum absolute atomic E-state index is 10.7. The van der Waals surface area contributed by atoms with Gasteiger partial charge in [0.1, 0.15) is 6.61 Å². The minimum absolute atomic E-state index is 0.175. The summed E-state index contributed by atoms with van der Waals surface area (Å²) in [6.45, 7) is 3.19. The van der Waals surface area contributed by atoms with E-state index in [0.717, 1.165) is 5.56 Å². The normalized spacial score (nSPS) is 14.2. The monoisotopic (exact) mass is 242 g/mol. The van der Waals surface area contributed by atoms with Crippen molar-refractivity contribution in [2.75, 3.05) is 6.61 Å². The molecule has 0 aliphatic heterocycles. The summed E-state index contributed by atoms with van der Waals surface area (Å²) in [5, 5.41) is 10.3. The molecule has 4 heteroatoms. The third-order valence-electron chi connectivity index (χ3n) is 2.35. The molecular weight excluding hydrogens is 228 g/mol. The van der Waals surface area contributed by atoms with Gasteiger partial charge in [-0.1, -0.05) is 23.7 Å². The molecule has 1 unspecified atom stereocenters. The van der Waals surface area contributed by atoms with E-state index in [1.165, 1.54) is 6.92 Å². The molecule has 0 fully saturated rings. The van der Waals surface area contributed by atoms with Crippen LogP contribution in [-0.2, 0) is 9.53 Å². The number of carbonyl (C=O) groups excluding carboxylic acids is 1. The van der Waals surface area contributed by atoms with Crippen molar-refractivity contribution in [2.45, 2.75) is 25.9 Å². The molecule has 0 aliphatic carbocycles. The lowest BCUT2D eigenvalue weighted by Gasteiger charge is -2.19. The van der Waals surface area contributed by atoms with E-state index in [4.69, 9.17) is 16.3 Å². The topological polar surface area (TPSA) is 46.5 Å². The molecule has 1 rings (SSSR count). The average molecular weight is 243 g/mol. The summed E-state index contributed by atoms with van der Waals surface area (Å²) in [7, 11) is 0. The highest BCUT2D eigenvalue weighted by atomic mass is 35.5. The molecule has 88 valence electrons. The van der Waals surface area contributed by atoms with Crippen LogP contribution in [0.3, 0.4) is 0 Å². The molecule has 16 heavy (non-hydrogen) atoms. The van der Waals surface area contributed by atoms with Crippen LogP contribution in [0.25, 0.3) is 0 Å². The highest BCUT2D eigenvalue weighted by molar-refractivity contribution is 6.30. The van der Waals surface area contributed by atoms with E-state index in [9.17, 15) is 9.90 Å². The van der Waals surface area contributed by atoms with Gasteiger partial charge in [0.05, 0.1) is 6.10 Å². The smallest absolute Gasteiger partial charge is 0.302 e. The van der Waals surface area contributed by atoms with E-state index >= 15 is 0 Å². The number of aliphatic hydroxyl groups is 1. The molecule has 0 aliphatic rings. The molecule has 0 spiro atoms. The Hall–Kier alpha value is -1.06. The molecule has 0 amide bonds. The Kier molecular flexibility index (Phi) is 4.77. The lowest BCUT2D eigenvalue weighted by atomic mass is 9.95. The van der Waals surface area contributed by atoms with Gasteiger partial charge in [-0.15, -0.1) is 0 Å². The van der Waals surface area contributed by atoms with Crippen LogP contribution in [0, 0.1) is 0 Å². The first-order valence-corrected chi connectivity index (χ1v) is 5.45. The largest absolute Gasteiger partial charge is 0.465 e. The van der Waals surface area contributed by atoms with Crippen LogP contribution < -0.4 is 0 Å². The van der Waals surface area contributed by atoms with E-state index in [1.54, 1.807) is 19.1 Å². The molecule has 0 saturated heterocycles. The predicted molar refractivity (Wildman–Crippen MR) is 62.5 cm³/mol. The highest BCUT2D eigenvalue weighted by Gasteiger charge is 2.18. The Morgan fingerprint density at radius 3 is 2.44 bits per heavy atom. The van der Waals surface area contributed by atoms with E-state index < -0.39 is 6.10 Å². The predicted octanol–water partition coefficient (Wildman–Crippen LogP) is 2.37. The van der Waals surface area contributed by atoms with Crippen molar-refractivity contribution in [3.05, 3.63) is 34.9 Å². The van der Waals surface area contributed by atoms with Crippen molar-refractivity contribution < 1.29 is 14.6 Å². The van der Waals surface area contributed by atoms with E-state index in [1.807, 2.05) is 12.1 Å². The van der Waals surface area contributed by atoms with Gasteiger partial charge in [0.15, 0.2) is 0 Å². The Labute approximate surface area is 100.0 Å². The highest BCUT2D eigenvalue weighted by Crippen LogP contribution is 2.22. The van der Waals surface area contributed by atoms with Gasteiger partial charge in [-0.25, -0.2) is 0 Å². The molecule has 1 N–H and O–H groups in total. The molecule has 0 saturated carbocycles. The van der Waals surface area contributed by atoms with Crippen molar-refractivity contribution in [2.24, 2.45) is 0 Å². The minimum atomic E-state index is -0.583. The lowest BCUT2D eigenvalue weighted by Crippen LogP contribution is -2.21. The summed E-state index contributed by atoms with van der Waals surface area (Å²) in [6.07, 6.45) is -0.583. The Morgan fingerprint density at radius 1 is 1.44 bits per heavy atom. The average Bonchev–Trinajstić information content (AvgIpc) is 2.20. The van der Waals surface area contributed by atoms with Crippen molar-refractivity contribution in [1.29, 1.82) is 0 Å². The maximum atomic E-state index is 10.7. The van der Waals surface area contributed by atoms with Gasteiger partial charge in [0, 0.05) is 17.9 Å². The second-order valence-electron chi connectivity index (χ2n) is 3.70. The first kappa shape index (κ1) is 13.0. The van der Waals surface area contributed by atoms with Crippen LogP contribution >= 0.6 is 11.6 Å². The number of halogens is 1. The van der Waals surface area contributed by atoms with Gasteiger partial charge in [0.25, 0.3) is 0 Å². The van der Waals surface area contributed by atoms with Gasteiger partial charge >= 0.3 is 5.97 Å². The second kappa shape index (κ2) is 5.87. The number of benzene rings is 1. The molecule has 0 radical (unpaired) electrons. The van der Waals surface area contributed by atoms with Gasteiger partial charge in [-0.05, 0) is 24.6 Å². The van der Waals surface area contributed by atoms with Crippen LogP contribution in [0.4, 0.5) is 0 Å². The van der Waals surface area contributed by atoms with E-state index in [-0.39, 0.29) is 18.5 Å². The SMILES string of the molecule is CC(=O)OCC(c1ccc(Cl)cc1)[C@@H](C)O. The molecule has 0 heterocycles. The molecule has 1 aromatic rings. The fraction of sp³-hybridized carbons (Fsp3) is 0.417. The Balaban J connectivity index is 2.77. The number of hydrogen-bond acceptors (Lipinski definition) is 3. The standard InChI is InChI=1S/C12H15ClO3/c1-8(14)12(7-16-9(2)15)10-3-5-11(13)6-4-10/h3-6,8,12,14H,7H2,1-2H3/t8-,12?/m1/s1. The molecule has 1 aromatic carbocycles. The summed E-state index contributed by atoms with van der Waals surface area (Å²) < 4.78 is 4.92. The fourth-order valence-electron chi connectivity index (χ4n) is 1.43. The number of rotatable bonds is 4. The van der Waals surface area contributed by atoms with E-state index in [0.29, 0.717) is 5.02 Å². The number of esters is 1. The van der Waals surface area contributed by atoms with Crippen molar-refractivity contribution in [3.8, 4) is 0 Å². The molecule has 2 atom stereocenters. The van der Waals surface area contributed by atoms with Gasteiger partial charge in [0.2, 0.25) is 0 Å². The summed E-state index contributed by atoms with van der Waals surface area (Å²) in [5.41, 5.74) is 0.903. The lowest BCUT2D eigenvalue weighted by molar-refractivity contribution is -0.142. The molecule has 0 aromatic heterocycles. The first-order valence-electron chi connectivity index (χ1n) is 5.07. The summed E-state index contributed by atoms with van der Waals surface area (Å²) in [6, 6.07) is 7.15. The first-order chi connectivity index (χ1) is 7.50. The molecule has 3 nitrogen and oxygen atoms in total. The fourth-order valence-corrected chi connectivity index (χ4v) is 1.56. The Bertz CT molecular complexity index is 346. The third-order valence-corrected chi connectivity index (χ3v) is 2.60. The third kappa shape index (κ3) is 3.83. The van der Waals surface area contributed by atoms with Crippen molar-refractivity contribution >= 4 is 17.6 Å². The maximum Gasteiger partial charge on any atom is 0.302 e. The zero-order chi connectivity index (χ0) is 12.1. The minimum Gasteiger partial charge on any atom is -0.465 e. The number of carbonyl (C=O) groups is 1. The molecule has 0 bridgehead atoms. The second-order valence-corrected chi connectivity index (χ2v) is 4.14. The number of ether oxygens (including phenoxy) is 1. The quantitative estimate of drug-likeness (QED) is 0.825. The van der Waals surface area contributed by atoms with Crippen LogP contribution in [0.15, 0.2) is 24.3 Å².